The molecule has 0 spiro atoms. The van der Waals surface area contributed by atoms with E-state index in [4.69, 9.17) is 0 Å². The molecular formula is C19H22F2N4O3. The number of aromatic amines is 1. The molecule has 3 N–H and O–H groups in total. The van der Waals surface area contributed by atoms with E-state index in [0.29, 0.717) is 18.5 Å². The van der Waals surface area contributed by atoms with Crippen LogP contribution in [0.2, 0.25) is 0 Å². The first-order chi connectivity index (χ1) is 13.3. The number of nitrogens with one attached hydrogen (secondary N) is 2. The molecule has 1 aliphatic heterocycles. The van der Waals surface area contributed by atoms with Gasteiger partial charge in [-0.15, -0.1) is 0 Å². The number of likely N-dealkylation sites (tertiary alicyclic amines) is 1. The summed E-state index contributed by atoms with van der Waals surface area (Å²) in [7, 11) is 0. The van der Waals surface area contributed by atoms with Gasteiger partial charge in [-0.2, -0.15) is 5.10 Å². The molecule has 3 atom stereocenters. The number of hydrogen-bond donors (Lipinski definition) is 3. The number of benzene rings is 1. The highest BCUT2D eigenvalue weighted by Crippen LogP contribution is 2.20. The van der Waals surface area contributed by atoms with Crippen LogP contribution in [0.15, 0.2) is 30.6 Å². The number of halogens is 2. The van der Waals surface area contributed by atoms with Crippen molar-refractivity contribution in [2.75, 3.05) is 13.1 Å². The molecule has 0 radical (unpaired) electrons. The molecular weight excluding hydrogens is 370 g/mol. The van der Waals surface area contributed by atoms with E-state index in [1.165, 1.54) is 6.07 Å². The molecule has 3 rings (SSSR count). The topological polar surface area (TPSA) is 98.3 Å². The van der Waals surface area contributed by atoms with Crippen LogP contribution in [0.25, 0.3) is 0 Å². The number of piperidine rings is 1. The maximum absolute atomic E-state index is 13.4. The molecule has 0 saturated carbocycles. The zero-order valence-corrected chi connectivity index (χ0v) is 15.4. The van der Waals surface area contributed by atoms with Gasteiger partial charge >= 0.3 is 0 Å². The van der Waals surface area contributed by atoms with Crippen LogP contribution >= 0.6 is 0 Å². The fourth-order valence-electron chi connectivity index (χ4n) is 3.21. The first-order valence-electron chi connectivity index (χ1n) is 9.04. The van der Waals surface area contributed by atoms with Gasteiger partial charge in [-0.3, -0.25) is 14.7 Å². The summed E-state index contributed by atoms with van der Waals surface area (Å²) >= 11 is 0. The number of hydrogen-bond acceptors (Lipinski definition) is 4. The molecule has 1 aliphatic rings. The standard InChI is InChI=1S/C19H22F2N4O3/c1-11(13-2-3-14(20)15(21)7-13)19(28)24-16-10-25(5-4-17(16)26)18(27)6-12-8-22-23-9-12/h2-3,7-9,11,16-17,26H,4-6,10H2,1H3,(H,22,23)(H,24,28)/t11?,16-,17-/m1/s1. The van der Waals surface area contributed by atoms with Crippen molar-refractivity contribution in [2.24, 2.45) is 0 Å². The van der Waals surface area contributed by atoms with Crippen molar-refractivity contribution < 1.29 is 23.5 Å². The van der Waals surface area contributed by atoms with E-state index >= 15 is 0 Å². The molecule has 2 amide bonds. The molecule has 1 fully saturated rings. The van der Waals surface area contributed by atoms with Crippen molar-refractivity contribution in [1.82, 2.24) is 20.4 Å². The summed E-state index contributed by atoms with van der Waals surface area (Å²) in [6.45, 7) is 2.14. The number of nitrogens with zero attached hydrogens (tertiary/aromatic N) is 2. The number of rotatable bonds is 5. The van der Waals surface area contributed by atoms with Crippen LogP contribution in [-0.2, 0) is 16.0 Å². The highest BCUT2D eigenvalue weighted by atomic mass is 19.2. The van der Waals surface area contributed by atoms with E-state index in [2.05, 4.69) is 15.5 Å². The Hall–Kier alpha value is -2.81. The summed E-state index contributed by atoms with van der Waals surface area (Å²) < 4.78 is 26.5. The van der Waals surface area contributed by atoms with E-state index < -0.39 is 35.6 Å². The molecule has 7 nitrogen and oxygen atoms in total. The average molecular weight is 392 g/mol. The van der Waals surface area contributed by atoms with Crippen LogP contribution in [0.3, 0.4) is 0 Å². The van der Waals surface area contributed by atoms with Crippen molar-refractivity contribution in [3.05, 3.63) is 53.4 Å². The minimum absolute atomic E-state index is 0.124. The fraction of sp³-hybridized carbons (Fsp3) is 0.421. The van der Waals surface area contributed by atoms with Crippen molar-refractivity contribution in [3.8, 4) is 0 Å². The van der Waals surface area contributed by atoms with Crippen LogP contribution in [0.1, 0.15) is 30.4 Å². The summed E-state index contributed by atoms with van der Waals surface area (Å²) in [4.78, 5) is 26.6. The van der Waals surface area contributed by atoms with Gasteiger partial charge in [0.15, 0.2) is 11.6 Å². The number of carbonyl (C=O) groups is 2. The Bertz CT molecular complexity index is 844. The molecule has 2 heterocycles. The molecule has 1 saturated heterocycles. The fourth-order valence-corrected chi connectivity index (χ4v) is 3.21. The molecule has 28 heavy (non-hydrogen) atoms. The SMILES string of the molecule is CC(C(=O)N[C@@H]1CN(C(=O)Cc2cn[nH]c2)CC[C@H]1O)c1ccc(F)c(F)c1. The van der Waals surface area contributed by atoms with Crippen LogP contribution in [0, 0.1) is 11.6 Å². The number of carbonyl (C=O) groups excluding carboxylic acids is 2. The second-order valence-electron chi connectivity index (χ2n) is 6.99. The highest BCUT2D eigenvalue weighted by molar-refractivity contribution is 5.84. The second-order valence-corrected chi connectivity index (χ2v) is 6.99. The van der Waals surface area contributed by atoms with Gasteiger partial charge in [-0.05, 0) is 36.6 Å². The Kier molecular flexibility index (Phi) is 6.03. The summed E-state index contributed by atoms with van der Waals surface area (Å²) in [5.41, 5.74) is 1.08. The van der Waals surface area contributed by atoms with Crippen LogP contribution in [-0.4, -0.2) is 57.3 Å². The van der Waals surface area contributed by atoms with Gasteiger partial charge in [0.05, 0.1) is 30.7 Å². The van der Waals surface area contributed by atoms with E-state index in [0.717, 1.165) is 17.7 Å². The lowest BCUT2D eigenvalue weighted by Crippen LogP contribution is -2.57. The maximum atomic E-state index is 13.4. The maximum Gasteiger partial charge on any atom is 0.227 e. The molecule has 1 aromatic carbocycles. The Morgan fingerprint density at radius 3 is 2.86 bits per heavy atom. The third-order valence-electron chi connectivity index (χ3n) is 5.00. The van der Waals surface area contributed by atoms with Crippen molar-refractivity contribution in [1.29, 1.82) is 0 Å². The zero-order chi connectivity index (χ0) is 20.3. The number of amides is 2. The van der Waals surface area contributed by atoms with Crippen LogP contribution in [0.5, 0.6) is 0 Å². The first-order valence-corrected chi connectivity index (χ1v) is 9.04. The van der Waals surface area contributed by atoms with Gasteiger partial charge < -0.3 is 15.3 Å². The number of aliphatic hydroxyl groups is 1. The first kappa shape index (κ1) is 19.9. The predicted octanol–water partition coefficient (Wildman–Crippen LogP) is 1.11. The van der Waals surface area contributed by atoms with Gasteiger partial charge in [0.1, 0.15) is 0 Å². The largest absolute Gasteiger partial charge is 0.391 e. The summed E-state index contributed by atoms with van der Waals surface area (Å²) in [5.74, 6) is -3.29. The molecule has 9 heteroatoms. The highest BCUT2D eigenvalue weighted by Gasteiger charge is 2.32. The Morgan fingerprint density at radius 1 is 1.39 bits per heavy atom. The molecule has 0 bridgehead atoms. The van der Waals surface area contributed by atoms with Crippen molar-refractivity contribution in [2.45, 2.75) is 37.8 Å². The van der Waals surface area contributed by atoms with Gasteiger partial charge in [-0.25, -0.2) is 8.78 Å². The number of aliphatic hydroxyl groups excluding tert-OH is 1. The average Bonchev–Trinajstić information content (AvgIpc) is 3.18. The minimum atomic E-state index is -1.02. The van der Waals surface area contributed by atoms with E-state index in [1.54, 1.807) is 24.2 Å². The Balaban J connectivity index is 1.62. The molecule has 0 aliphatic carbocycles. The van der Waals surface area contributed by atoms with Crippen molar-refractivity contribution in [3.63, 3.8) is 0 Å². The Labute approximate surface area is 160 Å². The van der Waals surface area contributed by atoms with Gasteiger partial charge in [0.25, 0.3) is 0 Å². The smallest absolute Gasteiger partial charge is 0.227 e. The summed E-state index contributed by atoms with van der Waals surface area (Å²) in [5, 5.41) is 19.4. The van der Waals surface area contributed by atoms with Gasteiger partial charge in [0.2, 0.25) is 11.8 Å². The monoisotopic (exact) mass is 392 g/mol. The van der Waals surface area contributed by atoms with E-state index in [-0.39, 0.29) is 18.9 Å². The molecule has 1 aromatic heterocycles. The third kappa shape index (κ3) is 4.53. The van der Waals surface area contributed by atoms with E-state index in [9.17, 15) is 23.5 Å². The normalized spacial score (nSPS) is 20.6. The summed E-state index contributed by atoms with van der Waals surface area (Å²) in [6, 6.07) is 2.67. The van der Waals surface area contributed by atoms with Gasteiger partial charge in [0, 0.05) is 19.3 Å². The quantitative estimate of drug-likeness (QED) is 0.710. The predicted molar refractivity (Wildman–Crippen MR) is 96.2 cm³/mol. The van der Waals surface area contributed by atoms with Crippen molar-refractivity contribution >= 4 is 11.8 Å². The lowest BCUT2D eigenvalue weighted by atomic mass is 9.97. The van der Waals surface area contributed by atoms with E-state index in [1.807, 2.05) is 0 Å². The van der Waals surface area contributed by atoms with Crippen LogP contribution in [0.4, 0.5) is 8.78 Å². The third-order valence-corrected chi connectivity index (χ3v) is 5.00. The minimum Gasteiger partial charge on any atom is -0.391 e. The number of H-pyrrole nitrogens is 1. The second kappa shape index (κ2) is 8.47. The lowest BCUT2D eigenvalue weighted by Gasteiger charge is -2.37. The van der Waals surface area contributed by atoms with Crippen LogP contribution < -0.4 is 5.32 Å². The molecule has 150 valence electrons. The van der Waals surface area contributed by atoms with Gasteiger partial charge in [-0.1, -0.05) is 6.07 Å². The lowest BCUT2D eigenvalue weighted by molar-refractivity contribution is -0.135. The zero-order valence-electron chi connectivity index (χ0n) is 15.4. The summed E-state index contributed by atoms with van der Waals surface area (Å²) in [6.07, 6.45) is 2.93. The molecule has 2 aromatic rings. The molecule has 1 unspecified atom stereocenters. The Morgan fingerprint density at radius 2 is 2.18 bits per heavy atom. The number of aromatic nitrogens is 2.